The smallest absolute Gasteiger partial charge is 0.267 e. The first-order chi connectivity index (χ1) is 16.7. The summed E-state index contributed by atoms with van der Waals surface area (Å²) in [7, 11) is -4.34. The summed E-state index contributed by atoms with van der Waals surface area (Å²) in [6.45, 7) is 2.94. The number of allylic oxidation sites excluding steroid dienone is 2. The molecule has 0 saturated carbocycles. The molecule has 1 rings (SSSR count). The summed E-state index contributed by atoms with van der Waals surface area (Å²) in [5.41, 5.74) is 0. The van der Waals surface area contributed by atoms with Crippen molar-refractivity contribution in [3.05, 3.63) is 12.2 Å². The van der Waals surface area contributed by atoms with E-state index in [0.29, 0.717) is 25.3 Å². The minimum atomic E-state index is -4.34. The number of amidine groups is 1. The number of carbonyl (C=O) groups is 1. The zero-order valence-electron chi connectivity index (χ0n) is 21.7. The van der Waals surface area contributed by atoms with Gasteiger partial charge in [-0.2, -0.15) is 8.42 Å². The fourth-order valence-electron chi connectivity index (χ4n) is 4.80. The molecule has 35 heavy (non-hydrogen) atoms. The second kappa shape index (κ2) is 18.2. The number of ketones is 1. The fourth-order valence-corrected chi connectivity index (χ4v) is 5.39. The molecule has 0 aromatic rings. The third-order valence-electron chi connectivity index (χ3n) is 6.65. The lowest BCUT2D eigenvalue weighted by Gasteiger charge is -2.34. The highest BCUT2D eigenvalue weighted by atomic mass is 32.2. The van der Waals surface area contributed by atoms with Gasteiger partial charge in [-0.3, -0.25) is 13.8 Å². The van der Waals surface area contributed by atoms with E-state index in [9.17, 15) is 23.4 Å². The number of Topliss-reactive ketones (excluding diaryl/α,β-unsaturated/α-hetero) is 1. The van der Waals surface area contributed by atoms with E-state index in [1.807, 2.05) is 0 Å². The summed E-state index contributed by atoms with van der Waals surface area (Å²) < 4.78 is 31.2. The molecule has 0 spiro atoms. The van der Waals surface area contributed by atoms with Gasteiger partial charge in [-0.25, -0.2) is 4.99 Å². The van der Waals surface area contributed by atoms with E-state index in [1.165, 1.54) is 57.8 Å². The highest BCUT2D eigenvalue weighted by Crippen LogP contribution is 2.20. The Labute approximate surface area is 212 Å². The van der Waals surface area contributed by atoms with Gasteiger partial charge in [0.1, 0.15) is 31.5 Å². The van der Waals surface area contributed by atoms with Crippen molar-refractivity contribution in [1.82, 2.24) is 0 Å². The average molecular weight is 518 g/mol. The van der Waals surface area contributed by atoms with Crippen molar-refractivity contribution < 1.29 is 32.5 Å². The standard InChI is InChI=1S/C26H48N2O6S/c1-2-3-4-5-6-7-8-9-10-11-12-13-14-15-16-17-25(31)26-27-18-19-28(26,20-21-29)22-24(30)23-35(32,33)34/h12-13,24,29-30H,2-11,14-23H2,1H3/p+1/b13-12+. The first kappa shape index (κ1) is 31.9. The van der Waals surface area contributed by atoms with Crippen LogP contribution in [0.15, 0.2) is 17.1 Å². The van der Waals surface area contributed by atoms with E-state index in [0.717, 1.165) is 25.7 Å². The molecule has 0 aromatic heterocycles. The molecule has 2 unspecified atom stereocenters. The molecule has 204 valence electrons. The third kappa shape index (κ3) is 14.3. The number of hydrogen-bond acceptors (Lipinski definition) is 6. The summed E-state index contributed by atoms with van der Waals surface area (Å²) >= 11 is 0. The molecule has 0 aliphatic carbocycles. The summed E-state index contributed by atoms with van der Waals surface area (Å²) in [6.07, 6.45) is 19.1. The monoisotopic (exact) mass is 517 g/mol. The predicted molar refractivity (Wildman–Crippen MR) is 141 cm³/mol. The zero-order valence-corrected chi connectivity index (χ0v) is 22.6. The summed E-state index contributed by atoms with van der Waals surface area (Å²) in [4.78, 5) is 17.2. The van der Waals surface area contributed by atoms with Gasteiger partial charge in [-0.05, 0) is 32.1 Å². The molecule has 0 bridgehead atoms. The molecular formula is C26H49N2O6S+. The fraction of sp³-hybridized carbons (Fsp3) is 0.846. The molecule has 0 fully saturated rings. The van der Waals surface area contributed by atoms with Gasteiger partial charge in [-0.1, -0.05) is 70.4 Å². The average Bonchev–Trinajstić information content (AvgIpc) is 3.18. The molecular weight excluding hydrogens is 468 g/mol. The van der Waals surface area contributed by atoms with Gasteiger partial charge in [0.15, 0.2) is 0 Å². The molecule has 8 nitrogen and oxygen atoms in total. The van der Waals surface area contributed by atoms with Gasteiger partial charge in [-0.15, -0.1) is 0 Å². The molecule has 2 atom stereocenters. The summed E-state index contributed by atoms with van der Waals surface area (Å²) in [6, 6.07) is 0. The Morgan fingerprint density at radius 1 is 1.00 bits per heavy atom. The van der Waals surface area contributed by atoms with Crippen LogP contribution in [0.1, 0.15) is 96.8 Å². The predicted octanol–water partition coefficient (Wildman–Crippen LogP) is 4.06. The number of aliphatic hydroxyl groups excluding tert-OH is 2. The number of rotatable bonds is 22. The Morgan fingerprint density at radius 2 is 1.57 bits per heavy atom. The minimum absolute atomic E-state index is 0.0370. The van der Waals surface area contributed by atoms with Crippen molar-refractivity contribution in [2.45, 2.75) is 103 Å². The normalized spacial score (nSPS) is 19.4. The Bertz CT molecular complexity index is 753. The van der Waals surface area contributed by atoms with E-state index in [-0.39, 0.29) is 30.0 Å². The molecule has 3 N–H and O–H groups in total. The van der Waals surface area contributed by atoms with Crippen LogP contribution >= 0.6 is 0 Å². The SMILES string of the molecule is CCCCCCCCCCC/C=C/CCCCC(=O)C1=NCC[N+]1(CCO)CC(O)CS(=O)(=O)O. The van der Waals surface area contributed by atoms with E-state index in [1.54, 1.807) is 0 Å². The molecule has 9 heteroatoms. The van der Waals surface area contributed by atoms with Crippen LogP contribution in [0.2, 0.25) is 0 Å². The van der Waals surface area contributed by atoms with Crippen LogP contribution in [-0.4, -0.2) is 83.9 Å². The number of aliphatic hydroxyl groups is 2. The zero-order chi connectivity index (χ0) is 26.0. The Balaban J connectivity index is 2.26. The Hall–Kier alpha value is -1.13. The van der Waals surface area contributed by atoms with Crippen LogP contribution < -0.4 is 0 Å². The van der Waals surface area contributed by atoms with E-state index >= 15 is 0 Å². The van der Waals surface area contributed by atoms with Gasteiger partial charge in [0.25, 0.3) is 16.0 Å². The van der Waals surface area contributed by atoms with E-state index in [2.05, 4.69) is 24.1 Å². The van der Waals surface area contributed by atoms with Crippen LogP contribution in [0, 0.1) is 0 Å². The van der Waals surface area contributed by atoms with Crippen molar-refractivity contribution in [1.29, 1.82) is 0 Å². The van der Waals surface area contributed by atoms with Crippen LogP contribution in [0.25, 0.3) is 0 Å². The largest absolute Gasteiger partial charge is 0.390 e. The molecule has 1 heterocycles. The highest BCUT2D eigenvalue weighted by Gasteiger charge is 2.43. The lowest BCUT2D eigenvalue weighted by molar-refractivity contribution is -0.837. The van der Waals surface area contributed by atoms with Crippen molar-refractivity contribution in [3.8, 4) is 0 Å². The number of aliphatic imine (C=N–C) groups is 1. The molecule has 1 aliphatic rings. The molecule has 0 saturated heterocycles. The number of carbonyl (C=O) groups excluding carboxylic acids is 1. The first-order valence-electron chi connectivity index (χ1n) is 13.6. The Morgan fingerprint density at radius 3 is 2.14 bits per heavy atom. The number of unbranched alkanes of at least 4 members (excludes halogenated alkanes) is 11. The van der Waals surface area contributed by atoms with Crippen molar-refractivity contribution in [3.63, 3.8) is 0 Å². The van der Waals surface area contributed by atoms with Gasteiger partial charge >= 0.3 is 0 Å². The maximum absolute atomic E-state index is 12.8. The first-order valence-corrected chi connectivity index (χ1v) is 15.2. The Kier molecular flexibility index (Phi) is 16.6. The van der Waals surface area contributed by atoms with Crippen molar-refractivity contribution >= 4 is 21.7 Å². The van der Waals surface area contributed by atoms with Gasteiger partial charge < -0.3 is 10.2 Å². The highest BCUT2D eigenvalue weighted by molar-refractivity contribution is 7.85. The quantitative estimate of drug-likeness (QED) is 0.0861. The molecule has 0 aromatic carbocycles. The third-order valence-corrected chi connectivity index (χ3v) is 7.45. The minimum Gasteiger partial charge on any atom is -0.390 e. The summed E-state index contributed by atoms with van der Waals surface area (Å²) in [5, 5.41) is 19.7. The maximum atomic E-state index is 12.8. The number of quaternary nitrogens is 1. The molecule has 1 aliphatic heterocycles. The van der Waals surface area contributed by atoms with Gasteiger partial charge in [0.05, 0.1) is 13.2 Å². The van der Waals surface area contributed by atoms with Crippen molar-refractivity contribution in [2.75, 3.05) is 38.5 Å². The van der Waals surface area contributed by atoms with Crippen LogP contribution in [0.5, 0.6) is 0 Å². The topological polar surface area (TPSA) is 124 Å². The number of hydrogen-bond donors (Lipinski definition) is 3. The van der Waals surface area contributed by atoms with Gasteiger partial charge in [0.2, 0.25) is 5.78 Å². The van der Waals surface area contributed by atoms with E-state index in [4.69, 9.17) is 4.55 Å². The lowest BCUT2D eigenvalue weighted by atomic mass is 10.1. The second-order valence-corrected chi connectivity index (χ2v) is 11.4. The van der Waals surface area contributed by atoms with Gasteiger partial charge in [0, 0.05) is 6.42 Å². The van der Waals surface area contributed by atoms with Crippen LogP contribution in [-0.2, 0) is 14.9 Å². The summed E-state index contributed by atoms with van der Waals surface area (Å²) in [5.74, 6) is -0.617. The second-order valence-electron chi connectivity index (χ2n) is 9.86. The van der Waals surface area contributed by atoms with Crippen molar-refractivity contribution in [2.24, 2.45) is 4.99 Å². The molecule has 0 radical (unpaired) electrons. The molecule has 0 amide bonds. The lowest BCUT2D eigenvalue weighted by Crippen LogP contribution is -2.59. The number of nitrogens with zero attached hydrogens (tertiary/aromatic N) is 2. The van der Waals surface area contributed by atoms with E-state index < -0.39 is 22.0 Å². The maximum Gasteiger partial charge on any atom is 0.267 e. The van der Waals surface area contributed by atoms with Crippen LogP contribution in [0.4, 0.5) is 0 Å². The van der Waals surface area contributed by atoms with Crippen LogP contribution in [0.3, 0.4) is 0 Å².